The van der Waals surface area contributed by atoms with Crippen LogP contribution in [0.4, 0.5) is 13.2 Å². The van der Waals surface area contributed by atoms with Crippen LogP contribution >= 0.6 is 12.2 Å². The molecule has 2 aromatic heterocycles. The van der Waals surface area contributed by atoms with Crippen LogP contribution in [0.5, 0.6) is 0 Å². The molecule has 0 aliphatic rings. The second kappa shape index (κ2) is 4.37. The molecule has 2 rings (SSSR count). The molecule has 0 spiro atoms. The van der Waals surface area contributed by atoms with Crippen molar-refractivity contribution < 1.29 is 13.2 Å². The summed E-state index contributed by atoms with van der Waals surface area (Å²) >= 11 is 4.77. The van der Waals surface area contributed by atoms with Crippen molar-refractivity contribution in [2.24, 2.45) is 5.73 Å². The van der Waals surface area contributed by atoms with Crippen LogP contribution in [-0.4, -0.2) is 19.5 Å². The first-order valence-corrected chi connectivity index (χ1v) is 5.17. The topological polar surface area (TPSA) is 56.7 Å². The fourth-order valence-corrected chi connectivity index (χ4v) is 1.52. The zero-order valence-electron chi connectivity index (χ0n) is 8.85. The quantitative estimate of drug-likeness (QED) is 0.849. The van der Waals surface area contributed by atoms with Crippen LogP contribution in [0.3, 0.4) is 0 Å². The highest BCUT2D eigenvalue weighted by Gasteiger charge is 2.30. The van der Waals surface area contributed by atoms with E-state index in [1.807, 2.05) is 0 Å². The monoisotopic (exact) mass is 272 g/mol. The van der Waals surface area contributed by atoms with Gasteiger partial charge in [0, 0.05) is 18.6 Å². The molecule has 0 unspecified atom stereocenters. The molecule has 2 heterocycles. The maximum absolute atomic E-state index is 12.4. The largest absolute Gasteiger partial charge is 0.417 e. The number of nitrogens with zero attached hydrogens (tertiary/aromatic N) is 3. The Morgan fingerprint density at radius 1 is 1.28 bits per heavy atom. The van der Waals surface area contributed by atoms with E-state index in [1.54, 1.807) is 0 Å². The van der Waals surface area contributed by atoms with Crippen LogP contribution in [0, 0.1) is 0 Å². The summed E-state index contributed by atoms with van der Waals surface area (Å²) in [6.07, 6.45) is -0.705. The zero-order valence-corrected chi connectivity index (χ0v) is 9.66. The minimum Gasteiger partial charge on any atom is -0.387 e. The lowest BCUT2D eigenvalue weighted by Gasteiger charge is -2.08. The van der Waals surface area contributed by atoms with Crippen molar-refractivity contribution >= 4 is 17.2 Å². The predicted octanol–water partition coefficient (Wildman–Crippen LogP) is 1.92. The highest BCUT2D eigenvalue weighted by atomic mass is 32.1. The summed E-state index contributed by atoms with van der Waals surface area (Å²) < 4.78 is 38.5. The summed E-state index contributed by atoms with van der Waals surface area (Å²) in [6, 6.07) is 2.16. The summed E-state index contributed by atoms with van der Waals surface area (Å²) in [5.41, 5.74) is 4.62. The van der Waals surface area contributed by atoms with Crippen molar-refractivity contribution in [2.45, 2.75) is 6.18 Å². The standard InChI is InChI=1S/C10H7F3N4S/c11-10(12,13)6-1-2-7(16-5-6)17-4-3-15-9(17)8(14)18/h1-5H,(H2,14,18). The van der Waals surface area contributed by atoms with Gasteiger partial charge in [-0.3, -0.25) is 4.57 Å². The molecule has 0 saturated heterocycles. The lowest BCUT2D eigenvalue weighted by molar-refractivity contribution is -0.137. The number of aromatic nitrogens is 3. The van der Waals surface area contributed by atoms with Gasteiger partial charge in [0.1, 0.15) is 10.8 Å². The summed E-state index contributed by atoms with van der Waals surface area (Å²) in [5, 5.41) is 0. The van der Waals surface area contributed by atoms with Crippen molar-refractivity contribution in [1.82, 2.24) is 14.5 Å². The van der Waals surface area contributed by atoms with Gasteiger partial charge in [-0.05, 0) is 12.1 Å². The highest BCUT2D eigenvalue weighted by Crippen LogP contribution is 2.28. The number of thiocarbonyl (C=S) groups is 1. The molecule has 0 atom stereocenters. The SMILES string of the molecule is NC(=S)c1nccn1-c1ccc(C(F)(F)F)cn1. The number of hydrogen-bond donors (Lipinski definition) is 1. The van der Waals surface area contributed by atoms with Crippen LogP contribution in [0.25, 0.3) is 5.82 Å². The number of hydrogen-bond acceptors (Lipinski definition) is 3. The van der Waals surface area contributed by atoms with Gasteiger partial charge in [-0.1, -0.05) is 12.2 Å². The molecule has 0 bridgehead atoms. The van der Waals surface area contributed by atoms with E-state index in [-0.39, 0.29) is 16.6 Å². The van der Waals surface area contributed by atoms with E-state index in [2.05, 4.69) is 9.97 Å². The van der Waals surface area contributed by atoms with E-state index in [1.165, 1.54) is 23.0 Å². The second-order valence-corrected chi connectivity index (χ2v) is 3.83. The van der Waals surface area contributed by atoms with E-state index in [0.717, 1.165) is 12.3 Å². The summed E-state index contributed by atoms with van der Waals surface area (Å²) in [6.45, 7) is 0. The molecule has 0 fully saturated rings. The maximum atomic E-state index is 12.4. The summed E-state index contributed by atoms with van der Waals surface area (Å²) in [7, 11) is 0. The first kappa shape index (κ1) is 12.5. The number of rotatable bonds is 2. The molecule has 0 aliphatic heterocycles. The Kier molecular flexibility index (Phi) is 3.04. The molecular weight excluding hydrogens is 265 g/mol. The van der Waals surface area contributed by atoms with E-state index in [0.29, 0.717) is 0 Å². The van der Waals surface area contributed by atoms with E-state index in [4.69, 9.17) is 18.0 Å². The minimum atomic E-state index is -4.41. The number of alkyl halides is 3. The minimum absolute atomic E-state index is 0.0432. The number of imidazole rings is 1. The van der Waals surface area contributed by atoms with Crippen molar-refractivity contribution in [1.29, 1.82) is 0 Å². The average molecular weight is 272 g/mol. The van der Waals surface area contributed by atoms with Crippen LogP contribution < -0.4 is 5.73 Å². The van der Waals surface area contributed by atoms with Crippen LogP contribution in [0.15, 0.2) is 30.7 Å². The van der Waals surface area contributed by atoms with Gasteiger partial charge in [-0.15, -0.1) is 0 Å². The molecule has 8 heteroatoms. The number of halogens is 3. The Hall–Kier alpha value is -1.96. The van der Waals surface area contributed by atoms with E-state index >= 15 is 0 Å². The molecule has 2 N–H and O–H groups in total. The lowest BCUT2D eigenvalue weighted by atomic mass is 10.3. The Bertz CT molecular complexity index is 574. The van der Waals surface area contributed by atoms with Crippen molar-refractivity contribution in [2.75, 3.05) is 0 Å². The van der Waals surface area contributed by atoms with Gasteiger partial charge in [0.25, 0.3) is 0 Å². The van der Waals surface area contributed by atoms with Gasteiger partial charge in [0.2, 0.25) is 0 Å². The Morgan fingerprint density at radius 2 is 2.00 bits per heavy atom. The molecule has 0 aliphatic carbocycles. The van der Waals surface area contributed by atoms with Gasteiger partial charge in [-0.2, -0.15) is 13.2 Å². The molecule has 2 aromatic rings. The third-order valence-corrected chi connectivity index (χ3v) is 2.37. The van der Waals surface area contributed by atoms with Gasteiger partial charge >= 0.3 is 6.18 Å². The van der Waals surface area contributed by atoms with Crippen LogP contribution in [0.1, 0.15) is 11.4 Å². The smallest absolute Gasteiger partial charge is 0.387 e. The van der Waals surface area contributed by atoms with Crippen LogP contribution in [-0.2, 0) is 6.18 Å². The fourth-order valence-electron chi connectivity index (χ4n) is 1.37. The lowest BCUT2D eigenvalue weighted by Crippen LogP contribution is -2.16. The predicted molar refractivity (Wildman–Crippen MR) is 62.2 cm³/mol. The molecule has 94 valence electrons. The third-order valence-electron chi connectivity index (χ3n) is 2.18. The normalized spacial score (nSPS) is 11.5. The Balaban J connectivity index is 2.41. The average Bonchev–Trinajstić information content (AvgIpc) is 2.77. The molecule has 0 amide bonds. The Labute approximate surface area is 105 Å². The first-order chi connectivity index (χ1) is 8.39. The summed E-state index contributed by atoms with van der Waals surface area (Å²) in [4.78, 5) is 7.66. The molecule has 18 heavy (non-hydrogen) atoms. The molecule has 0 radical (unpaired) electrons. The number of nitrogens with two attached hydrogens (primary N) is 1. The van der Waals surface area contributed by atoms with Crippen LogP contribution in [0.2, 0.25) is 0 Å². The van der Waals surface area contributed by atoms with Crippen molar-refractivity contribution in [3.63, 3.8) is 0 Å². The third kappa shape index (κ3) is 2.33. The van der Waals surface area contributed by atoms with Gasteiger partial charge in [0.05, 0.1) is 5.56 Å². The Morgan fingerprint density at radius 3 is 2.50 bits per heavy atom. The molecule has 4 nitrogen and oxygen atoms in total. The molecule has 0 aromatic carbocycles. The van der Waals surface area contributed by atoms with E-state index in [9.17, 15) is 13.2 Å². The van der Waals surface area contributed by atoms with Gasteiger partial charge < -0.3 is 5.73 Å². The molecule has 0 saturated carbocycles. The fraction of sp³-hybridized carbons (Fsp3) is 0.100. The van der Waals surface area contributed by atoms with Gasteiger partial charge in [0.15, 0.2) is 5.82 Å². The second-order valence-electron chi connectivity index (χ2n) is 3.39. The highest BCUT2D eigenvalue weighted by molar-refractivity contribution is 7.80. The number of pyridine rings is 1. The van der Waals surface area contributed by atoms with Gasteiger partial charge in [-0.25, -0.2) is 9.97 Å². The van der Waals surface area contributed by atoms with Crippen molar-refractivity contribution in [3.8, 4) is 5.82 Å². The summed E-state index contributed by atoms with van der Waals surface area (Å²) in [5.74, 6) is 0.542. The zero-order chi connectivity index (χ0) is 13.3. The molecular formula is C10H7F3N4S. The first-order valence-electron chi connectivity index (χ1n) is 4.76. The maximum Gasteiger partial charge on any atom is 0.417 e. The van der Waals surface area contributed by atoms with E-state index < -0.39 is 11.7 Å². The van der Waals surface area contributed by atoms with Crippen molar-refractivity contribution in [3.05, 3.63) is 42.1 Å².